The smallest absolute Gasteiger partial charge is 0.191 e. The number of aliphatic imine (C=N–C) groups is 1. The molecular weight excluding hydrogens is 385 g/mol. The van der Waals surface area contributed by atoms with Gasteiger partial charge in [-0.3, -0.25) is 4.99 Å². The van der Waals surface area contributed by atoms with Gasteiger partial charge in [0.05, 0.1) is 6.61 Å². The van der Waals surface area contributed by atoms with Crippen LogP contribution in [-0.4, -0.2) is 39.0 Å². The molecule has 20 heavy (non-hydrogen) atoms. The number of methoxy groups -OCH3 is 1. The second-order valence-corrected chi connectivity index (χ2v) is 5.15. The Morgan fingerprint density at radius 3 is 2.50 bits per heavy atom. The summed E-state index contributed by atoms with van der Waals surface area (Å²) >= 11 is 1.75. The van der Waals surface area contributed by atoms with Crippen molar-refractivity contribution in [1.29, 1.82) is 0 Å². The molecule has 0 bridgehead atoms. The molecule has 4 nitrogen and oxygen atoms in total. The van der Waals surface area contributed by atoms with Crippen molar-refractivity contribution in [1.82, 2.24) is 10.6 Å². The average Bonchev–Trinajstić information content (AvgIpc) is 2.44. The zero-order valence-electron chi connectivity index (χ0n) is 12.5. The Morgan fingerprint density at radius 1 is 1.35 bits per heavy atom. The number of ether oxygens (including phenoxy) is 1. The van der Waals surface area contributed by atoms with Gasteiger partial charge < -0.3 is 15.4 Å². The first-order valence-electron chi connectivity index (χ1n) is 6.28. The lowest BCUT2D eigenvalue weighted by Crippen LogP contribution is -2.43. The molecule has 1 aromatic rings. The van der Waals surface area contributed by atoms with E-state index < -0.39 is 0 Å². The van der Waals surface area contributed by atoms with E-state index in [9.17, 15) is 0 Å². The molecule has 0 amide bonds. The minimum absolute atomic E-state index is 0. The van der Waals surface area contributed by atoms with Crippen LogP contribution in [0.4, 0.5) is 0 Å². The normalized spacial score (nSPS) is 12.5. The molecule has 1 unspecified atom stereocenters. The van der Waals surface area contributed by atoms with Crippen molar-refractivity contribution >= 4 is 41.7 Å². The summed E-state index contributed by atoms with van der Waals surface area (Å²) in [7, 11) is 3.47. The highest BCUT2D eigenvalue weighted by atomic mass is 127. The van der Waals surface area contributed by atoms with Gasteiger partial charge in [-0.15, -0.1) is 35.7 Å². The highest BCUT2D eigenvalue weighted by molar-refractivity contribution is 14.0. The van der Waals surface area contributed by atoms with E-state index in [4.69, 9.17) is 4.74 Å². The molecule has 0 heterocycles. The van der Waals surface area contributed by atoms with Gasteiger partial charge in [0.2, 0.25) is 0 Å². The summed E-state index contributed by atoms with van der Waals surface area (Å²) in [6, 6.07) is 8.75. The van der Waals surface area contributed by atoms with Gasteiger partial charge in [0, 0.05) is 31.6 Å². The van der Waals surface area contributed by atoms with Crippen molar-refractivity contribution in [2.24, 2.45) is 4.99 Å². The largest absolute Gasteiger partial charge is 0.383 e. The van der Waals surface area contributed by atoms with Crippen LogP contribution in [0.3, 0.4) is 0 Å². The maximum atomic E-state index is 5.09. The van der Waals surface area contributed by atoms with Gasteiger partial charge in [0.25, 0.3) is 0 Å². The summed E-state index contributed by atoms with van der Waals surface area (Å²) in [4.78, 5) is 5.47. The van der Waals surface area contributed by atoms with Crippen molar-refractivity contribution in [2.75, 3.05) is 27.0 Å². The highest BCUT2D eigenvalue weighted by Gasteiger charge is 2.04. The number of hydrogen-bond donors (Lipinski definition) is 2. The van der Waals surface area contributed by atoms with E-state index >= 15 is 0 Å². The van der Waals surface area contributed by atoms with Gasteiger partial charge in [-0.25, -0.2) is 0 Å². The molecule has 0 aromatic heterocycles. The second kappa shape index (κ2) is 11.2. The molecule has 1 rings (SSSR count). The molecular formula is C14H24IN3OS. The van der Waals surface area contributed by atoms with Gasteiger partial charge in [-0.05, 0) is 30.9 Å². The summed E-state index contributed by atoms with van der Waals surface area (Å²) in [5.74, 6) is 0.790. The number of thioether (sulfide) groups is 1. The van der Waals surface area contributed by atoms with Gasteiger partial charge >= 0.3 is 0 Å². The Hall–Kier alpha value is -0.470. The SMILES string of the molecule is CN=C(NCc1ccc(SC)cc1)NC(C)COC.I. The topological polar surface area (TPSA) is 45.7 Å². The molecule has 0 aliphatic heterocycles. The Labute approximate surface area is 143 Å². The summed E-state index contributed by atoms with van der Waals surface area (Å²) in [6.45, 7) is 3.47. The van der Waals surface area contributed by atoms with E-state index in [-0.39, 0.29) is 30.0 Å². The number of nitrogens with one attached hydrogen (secondary N) is 2. The van der Waals surface area contributed by atoms with Crippen LogP contribution in [-0.2, 0) is 11.3 Å². The molecule has 0 aliphatic carbocycles. The maximum absolute atomic E-state index is 5.09. The molecule has 0 saturated heterocycles. The minimum atomic E-state index is 0. The number of halogens is 1. The van der Waals surface area contributed by atoms with Crippen LogP contribution in [0.15, 0.2) is 34.2 Å². The highest BCUT2D eigenvalue weighted by Crippen LogP contribution is 2.14. The van der Waals surface area contributed by atoms with E-state index in [1.54, 1.807) is 25.9 Å². The maximum Gasteiger partial charge on any atom is 0.191 e. The molecule has 0 aliphatic rings. The fourth-order valence-electron chi connectivity index (χ4n) is 1.65. The molecule has 6 heteroatoms. The number of benzene rings is 1. The molecule has 114 valence electrons. The molecule has 0 saturated carbocycles. The van der Waals surface area contributed by atoms with Crippen LogP contribution in [0.25, 0.3) is 0 Å². The lowest BCUT2D eigenvalue weighted by Gasteiger charge is -2.17. The first-order chi connectivity index (χ1) is 9.19. The van der Waals surface area contributed by atoms with Crippen molar-refractivity contribution < 1.29 is 4.74 Å². The molecule has 1 aromatic carbocycles. The van der Waals surface area contributed by atoms with Crippen LogP contribution in [0.1, 0.15) is 12.5 Å². The summed E-state index contributed by atoms with van der Waals surface area (Å²) < 4.78 is 5.09. The van der Waals surface area contributed by atoms with E-state index in [1.807, 2.05) is 0 Å². The molecule has 0 fully saturated rings. The number of guanidine groups is 1. The monoisotopic (exact) mass is 409 g/mol. The zero-order chi connectivity index (χ0) is 14.1. The van der Waals surface area contributed by atoms with Crippen molar-refractivity contribution in [3.8, 4) is 0 Å². The van der Waals surface area contributed by atoms with Crippen LogP contribution in [0, 0.1) is 0 Å². The van der Waals surface area contributed by atoms with Crippen molar-refractivity contribution in [2.45, 2.75) is 24.4 Å². The molecule has 0 spiro atoms. The van der Waals surface area contributed by atoms with E-state index in [0.717, 1.165) is 12.5 Å². The van der Waals surface area contributed by atoms with E-state index in [1.165, 1.54) is 10.5 Å². The van der Waals surface area contributed by atoms with Gasteiger partial charge in [-0.2, -0.15) is 0 Å². The fraction of sp³-hybridized carbons (Fsp3) is 0.500. The predicted molar refractivity (Wildman–Crippen MR) is 98.3 cm³/mol. The van der Waals surface area contributed by atoms with Crippen LogP contribution in [0.2, 0.25) is 0 Å². The standard InChI is InChI=1S/C14H23N3OS.HI/c1-11(10-18-3)17-14(15-2)16-9-12-5-7-13(19-4)8-6-12;/h5-8,11H,9-10H2,1-4H3,(H2,15,16,17);1H. The summed E-state index contributed by atoms with van der Waals surface area (Å²) in [6.07, 6.45) is 2.08. The second-order valence-electron chi connectivity index (χ2n) is 4.27. The van der Waals surface area contributed by atoms with Crippen molar-refractivity contribution in [3.05, 3.63) is 29.8 Å². The van der Waals surface area contributed by atoms with Gasteiger partial charge in [0.15, 0.2) is 5.96 Å². The molecule has 0 radical (unpaired) electrons. The van der Waals surface area contributed by atoms with Crippen LogP contribution < -0.4 is 10.6 Å². The number of rotatable bonds is 6. The third kappa shape index (κ3) is 7.35. The van der Waals surface area contributed by atoms with Crippen LogP contribution >= 0.6 is 35.7 Å². The lowest BCUT2D eigenvalue weighted by molar-refractivity contribution is 0.179. The lowest BCUT2D eigenvalue weighted by atomic mass is 10.2. The Kier molecular flexibility index (Phi) is 11.0. The summed E-state index contributed by atoms with van der Waals surface area (Å²) in [5, 5.41) is 6.56. The first kappa shape index (κ1) is 19.5. The zero-order valence-corrected chi connectivity index (χ0v) is 15.6. The van der Waals surface area contributed by atoms with E-state index in [2.05, 4.69) is 53.1 Å². The van der Waals surface area contributed by atoms with Crippen molar-refractivity contribution in [3.63, 3.8) is 0 Å². The Balaban J connectivity index is 0.00000361. The third-order valence-corrected chi connectivity index (χ3v) is 3.39. The van der Waals surface area contributed by atoms with E-state index in [0.29, 0.717) is 6.61 Å². The third-order valence-electron chi connectivity index (χ3n) is 2.64. The molecule has 2 N–H and O–H groups in total. The Morgan fingerprint density at radius 2 is 2.00 bits per heavy atom. The van der Waals surface area contributed by atoms with Gasteiger partial charge in [-0.1, -0.05) is 12.1 Å². The quantitative estimate of drug-likeness (QED) is 0.328. The first-order valence-corrected chi connectivity index (χ1v) is 7.51. The summed E-state index contributed by atoms with van der Waals surface area (Å²) in [5.41, 5.74) is 1.24. The Bertz CT molecular complexity index is 398. The number of hydrogen-bond acceptors (Lipinski definition) is 3. The minimum Gasteiger partial charge on any atom is -0.383 e. The average molecular weight is 409 g/mol. The number of nitrogens with zero attached hydrogens (tertiary/aromatic N) is 1. The van der Waals surface area contributed by atoms with Crippen LogP contribution in [0.5, 0.6) is 0 Å². The van der Waals surface area contributed by atoms with Gasteiger partial charge in [0.1, 0.15) is 0 Å². The predicted octanol–water partition coefficient (Wildman–Crippen LogP) is 2.73. The fourth-order valence-corrected chi connectivity index (χ4v) is 2.06. The molecule has 1 atom stereocenters.